The Morgan fingerprint density at radius 3 is 2.71 bits per heavy atom. The Morgan fingerprint density at radius 1 is 1.33 bits per heavy atom. The maximum atomic E-state index is 12.0. The molecule has 1 saturated heterocycles. The van der Waals surface area contributed by atoms with Crippen LogP contribution in [0.25, 0.3) is 0 Å². The van der Waals surface area contributed by atoms with Crippen molar-refractivity contribution in [1.29, 1.82) is 0 Å². The summed E-state index contributed by atoms with van der Waals surface area (Å²) >= 11 is 0. The Balaban J connectivity index is 1.85. The minimum atomic E-state index is -0.304. The first-order valence-electron chi connectivity index (χ1n) is 7.06. The van der Waals surface area contributed by atoms with Crippen molar-refractivity contribution in [3.05, 3.63) is 47.7 Å². The molecule has 0 atom stereocenters. The first kappa shape index (κ1) is 15.3. The van der Waals surface area contributed by atoms with Crippen LogP contribution in [0.4, 0.5) is 0 Å². The predicted molar refractivity (Wildman–Crippen MR) is 81.3 cm³/mol. The van der Waals surface area contributed by atoms with Crippen LogP contribution in [-0.4, -0.2) is 36.5 Å². The second kappa shape index (κ2) is 8.21. The Bertz CT molecular complexity index is 506. The van der Waals surface area contributed by atoms with Crippen LogP contribution < -0.4 is 5.32 Å². The molecule has 1 fully saturated rings. The van der Waals surface area contributed by atoms with E-state index in [1.807, 2.05) is 30.3 Å². The highest BCUT2D eigenvalue weighted by atomic mass is 16.5. The van der Waals surface area contributed by atoms with Gasteiger partial charge in [0, 0.05) is 25.5 Å². The van der Waals surface area contributed by atoms with Crippen molar-refractivity contribution in [3.8, 4) is 0 Å². The number of carbonyl (C=O) groups excluding carboxylic acids is 1. The molecule has 1 aliphatic heterocycles. The number of aliphatic hydroxyl groups is 1. The predicted octanol–water partition coefficient (Wildman–Crippen LogP) is 1.99. The first-order chi connectivity index (χ1) is 10.3. The molecule has 0 aromatic heterocycles. The normalized spacial score (nSPS) is 17.0. The zero-order valence-corrected chi connectivity index (χ0v) is 11.9. The summed E-state index contributed by atoms with van der Waals surface area (Å²) in [6.07, 6.45) is 3.79. The SMILES string of the molecule is O=C(NC1CCOCC1)C(C=NCc1ccccc1)=CO. The summed E-state index contributed by atoms with van der Waals surface area (Å²) < 4.78 is 5.24. The second-order valence-corrected chi connectivity index (χ2v) is 4.90. The van der Waals surface area contributed by atoms with Crippen molar-refractivity contribution in [2.45, 2.75) is 25.4 Å². The van der Waals surface area contributed by atoms with E-state index in [1.54, 1.807) is 0 Å². The maximum absolute atomic E-state index is 12.0. The van der Waals surface area contributed by atoms with E-state index in [2.05, 4.69) is 10.3 Å². The summed E-state index contributed by atoms with van der Waals surface area (Å²) in [5, 5.41) is 12.1. The number of hydrogen-bond donors (Lipinski definition) is 2. The van der Waals surface area contributed by atoms with Gasteiger partial charge >= 0.3 is 0 Å². The average Bonchev–Trinajstić information content (AvgIpc) is 2.53. The summed E-state index contributed by atoms with van der Waals surface area (Å²) in [5.41, 5.74) is 1.22. The molecular formula is C16H20N2O3. The molecule has 2 rings (SSSR count). The molecule has 21 heavy (non-hydrogen) atoms. The first-order valence-corrected chi connectivity index (χ1v) is 7.06. The van der Waals surface area contributed by atoms with Crippen molar-refractivity contribution in [3.63, 3.8) is 0 Å². The summed E-state index contributed by atoms with van der Waals surface area (Å²) in [7, 11) is 0. The average molecular weight is 288 g/mol. The lowest BCUT2D eigenvalue weighted by atomic mass is 10.1. The van der Waals surface area contributed by atoms with Gasteiger partial charge in [-0.05, 0) is 18.4 Å². The number of benzene rings is 1. The minimum Gasteiger partial charge on any atom is -0.515 e. The van der Waals surface area contributed by atoms with Crippen LogP contribution in [0.15, 0.2) is 47.2 Å². The number of rotatable bonds is 5. The molecule has 0 unspecified atom stereocenters. The van der Waals surface area contributed by atoms with Gasteiger partial charge in [0.15, 0.2) is 0 Å². The molecule has 1 heterocycles. The van der Waals surface area contributed by atoms with Gasteiger partial charge in [0.05, 0.1) is 18.4 Å². The molecule has 1 aliphatic rings. The van der Waals surface area contributed by atoms with E-state index in [0.29, 0.717) is 19.8 Å². The highest BCUT2D eigenvalue weighted by Crippen LogP contribution is 2.07. The van der Waals surface area contributed by atoms with Gasteiger partial charge in [0.2, 0.25) is 0 Å². The fraction of sp³-hybridized carbons (Fsp3) is 0.375. The highest BCUT2D eigenvalue weighted by molar-refractivity contribution is 6.11. The third kappa shape index (κ3) is 5.04. The standard InChI is InChI=1S/C16H20N2O3/c19-12-14(11-17-10-13-4-2-1-3-5-13)16(20)18-15-6-8-21-9-7-15/h1-5,11-12,15,19H,6-10H2,(H,18,20). The monoisotopic (exact) mass is 288 g/mol. The number of aliphatic imine (C=N–C) groups is 1. The van der Waals surface area contributed by atoms with E-state index in [-0.39, 0.29) is 17.5 Å². The quantitative estimate of drug-likeness (QED) is 0.494. The molecule has 0 radical (unpaired) electrons. The van der Waals surface area contributed by atoms with Gasteiger partial charge in [-0.2, -0.15) is 0 Å². The summed E-state index contributed by atoms with van der Waals surface area (Å²) in [6, 6.07) is 9.83. The van der Waals surface area contributed by atoms with Gasteiger partial charge in [0.1, 0.15) is 0 Å². The largest absolute Gasteiger partial charge is 0.515 e. The van der Waals surface area contributed by atoms with Crippen molar-refractivity contribution in [2.24, 2.45) is 4.99 Å². The van der Waals surface area contributed by atoms with Gasteiger partial charge in [-0.3, -0.25) is 9.79 Å². The lowest BCUT2D eigenvalue weighted by Gasteiger charge is -2.23. The summed E-state index contributed by atoms with van der Waals surface area (Å²) in [5.74, 6) is -0.304. The molecule has 0 saturated carbocycles. The molecule has 0 bridgehead atoms. The Hall–Kier alpha value is -2.14. The lowest BCUT2D eigenvalue weighted by molar-refractivity contribution is -0.118. The highest BCUT2D eigenvalue weighted by Gasteiger charge is 2.17. The van der Waals surface area contributed by atoms with Crippen LogP contribution in [0.5, 0.6) is 0 Å². The lowest BCUT2D eigenvalue weighted by Crippen LogP contribution is -2.39. The van der Waals surface area contributed by atoms with E-state index < -0.39 is 0 Å². The van der Waals surface area contributed by atoms with Gasteiger partial charge < -0.3 is 15.2 Å². The van der Waals surface area contributed by atoms with Crippen LogP contribution in [0.1, 0.15) is 18.4 Å². The fourth-order valence-electron chi connectivity index (χ4n) is 2.09. The zero-order chi connectivity index (χ0) is 14.9. The summed E-state index contributed by atoms with van der Waals surface area (Å²) in [6.45, 7) is 1.79. The topological polar surface area (TPSA) is 70.9 Å². The van der Waals surface area contributed by atoms with Gasteiger partial charge in [-0.1, -0.05) is 30.3 Å². The number of aliphatic hydroxyl groups excluding tert-OH is 1. The van der Waals surface area contributed by atoms with Crippen LogP contribution in [0, 0.1) is 0 Å². The van der Waals surface area contributed by atoms with Crippen LogP contribution in [0.3, 0.4) is 0 Å². The molecule has 0 spiro atoms. The van der Waals surface area contributed by atoms with Crippen molar-refractivity contribution >= 4 is 12.1 Å². The molecule has 5 nitrogen and oxygen atoms in total. The minimum absolute atomic E-state index is 0.101. The molecule has 1 aromatic rings. The Labute approximate surface area is 124 Å². The molecule has 2 N–H and O–H groups in total. The number of amides is 1. The van der Waals surface area contributed by atoms with Crippen molar-refractivity contribution < 1.29 is 14.6 Å². The van der Waals surface area contributed by atoms with E-state index in [9.17, 15) is 9.90 Å². The van der Waals surface area contributed by atoms with E-state index >= 15 is 0 Å². The molecule has 0 aliphatic carbocycles. The van der Waals surface area contributed by atoms with E-state index in [1.165, 1.54) is 6.21 Å². The van der Waals surface area contributed by atoms with Crippen molar-refractivity contribution in [2.75, 3.05) is 13.2 Å². The van der Waals surface area contributed by atoms with Crippen LogP contribution in [0.2, 0.25) is 0 Å². The fourth-order valence-corrected chi connectivity index (χ4v) is 2.09. The Morgan fingerprint density at radius 2 is 2.05 bits per heavy atom. The Kier molecular flexibility index (Phi) is 5.97. The molecule has 5 heteroatoms. The number of nitrogens with one attached hydrogen (secondary N) is 1. The van der Waals surface area contributed by atoms with Crippen molar-refractivity contribution in [1.82, 2.24) is 5.32 Å². The smallest absolute Gasteiger partial charge is 0.256 e. The van der Waals surface area contributed by atoms with Crippen LogP contribution >= 0.6 is 0 Å². The third-order valence-electron chi connectivity index (χ3n) is 3.30. The number of nitrogens with zero attached hydrogens (tertiary/aromatic N) is 1. The van der Waals surface area contributed by atoms with Gasteiger partial charge in [-0.15, -0.1) is 0 Å². The number of ether oxygens (including phenoxy) is 1. The molecule has 1 aromatic carbocycles. The van der Waals surface area contributed by atoms with Gasteiger partial charge in [0.25, 0.3) is 5.91 Å². The van der Waals surface area contributed by atoms with E-state index in [0.717, 1.165) is 24.7 Å². The van der Waals surface area contributed by atoms with Crippen LogP contribution in [-0.2, 0) is 16.1 Å². The summed E-state index contributed by atoms with van der Waals surface area (Å²) in [4.78, 5) is 16.2. The molecular weight excluding hydrogens is 268 g/mol. The third-order valence-corrected chi connectivity index (χ3v) is 3.30. The zero-order valence-electron chi connectivity index (χ0n) is 11.9. The second-order valence-electron chi connectivity index (χ2n) is 4.90. The maximum Gasteiger partial charge on any atom is 0.256 e. The number of carbonyl (C=O) groups is 1. The number of hydrogen-bond acceptors (Lipinski definition) is 4. The van der Waals surface area contributed by atoms with Gasteiger partial charge in [-0.25, -0.2) is 0 Å². The van der Waals surface area contributed by atoms with E-state index in [4.69, 9.17) is 4.74 Å². The molecule has 112 valence electrons. The molecule has 1 amide bonds.